The van der Waals surface area contributed by atoms with Crippen LogP contribution in [-0.2, 0) is 6.42 Å². The van der Waals surface area contributed by atoms with E-state index in [9.17, 15) is 9.65 Å². The highest BCUT2D eigenvalue weighted by atomic mass is 19.1. The van der Waals surface area contributed by atoms with Crippen molar-refractivity contribution in [2.24, 2.45) is 0 Å². The molecule has 4 nitrogen and oxygen atoms in total. The molecule has 0 amide bonds. The molecule has 0 saturated heterocycles. The molecule has 0 aliphatic carbocycles. The Bertz CT molecular complexity index is 947. The van der Waals surface area contributed by atoms with E-state index < -0.39 is 5.82 Å². The number of benzene rings is 2. The van der Waals surface area contributed by atoms with Gasteiger partial charge >= 0.3 is 0 Å². The van der Waals surface area contributed by atoms with E-state index in [4.69, 9.17) is 10.5 Å². The van der Waals surface area contributed by atoms with Crippen LogP contribution in [0.1, 0.15) is 24.5 Å². The van der Waals surface area contributed by atoms with Crippen LogP contribution in [0.3, 0.4) is 0 Å². The summed E-state index contributed by atoms with van der Waals surface area (Å²) in [4.78, 5) is 4.35. The Labute approximate surface area is 139 Å². The minimum Gasteiger partial charge on any atom is -0.456 e. The first-order valence-corrected chi connectivity index (χ1v) is 7.67. The maximum atomic E-state index is 13.6. The number of nitrogens with zero attached hydrogens (tertiary/aromatic N) is 2. The largest absolute Gasteiger partial charge is 0.456 e. The number of rotatable bonds is 4. The minimum atomic E-state index is -0.534. The van der Waals surface area contributed by atoms with Crippen molar-refractivity contribution in [3.8, 4) is 17.6 Å². The van der Waals surface area contributed by atoms with Crippen LogP contribution in [0.2, 0.25) is 0 Å². The van der Waals surface area contributed by atoms with E-state index >= 15 is 0 Å². The lowest BCUT2D eigenvalue weighted by Gasteiger charge is -2.11. The third-order valence-corrected chi connectivity index (χ3v) is 3.77. The molecule has 1 aromatic heterocycles. The zero-order valence-electron chi connectivity index (χ0n) is 13.2. The van der Waals surface area contributed by atoms with Gasteiger partial charge in [-0.15, -0.1) is 0 Å². The number of hydrogen-bond donors (Lipinski definition) is 1. The SMILES string of the molecule is CCCc1cc2nccc(Oc3ccc(N)c(F)c3)c2cc1C#N. The molecule has 1 heterocycles. The fourth-order valence-electron chi connectivity index (χ4n) is 2.58. The van der Waals surface area contributed by atoms with Crippen LogP contribution < -0.4 is 10.5 Å². The van der Waals surface area contributed by atoms with Crippen molar-refractivity contribution >= 4 is 16.6 Å². The highest BCUT2D eigenvalue weighted by Gasteiger charge is 2.10. The summed E-state index contributed by atoms with van der Waals surface area (Å²) in [6, 6.07) is 11.9. The molecule has 0 radical (unpaired) electrons. The molecule has 0 aliphatic rings. The minimum absolute atomic E-state index is 0.0675. The van der Waals surface area contributed by atoms with Gasteiger partial charge in [-0.3, -0.25) is 4.98 Å². The fraction of sp³-hybridized carbons (Fsp3) is 0.158. The van der Waals surface area contributed by atoms with Crippen LogP contribution in [0, 0.1) is 17.1 Å². The summed E-state index contributed by atoms with van der Waals surface area (Å²) in [7, 11) is 0. The summed E-state index contributed by atoms with van der Waals surface area (Å²) in [5.41, 5.74) is 7.86. The molecular weight excluding hydrogens is 305 g/mol. The molecule has 3 aromatic rings. The van der Waals surface area contributed by atoms with Crippen LogP contribution >= 0.6 is 0 Å². The fourth-order valence-corrected chi connectivity index (χ4v) is 2.58. The highest BCUT2D eigenvalue weighted by Crippen LogP contribution is 2.31. The van der Waals surface area contributed by atoms with E-state index in [-0.39, 0.29) is 5.69 Å². The second-order valence-corrected chi connectivity index (χ2v) is 5.48. The van der Waals surface area contributed by atoms with Crippen molar-refractivity contribution in [3.63, 3.8) is 0 Å². The smallest absolute Gasteiger partial charge is 0.149 e. The quantitative estimate of drug-likeness (QED) is 0.714. The number of nitriles is 1. The van der Waals surface area contributed by atoms with Crippen molar-refractivity contribution in [2.75, 3.05) is 5.73 Å². The molecule has 0 bridgehead atoms. The normalized spacial score (nSPS) is 10.5. The number of hydrogen-bond acceptors (Lipinski definition) is 4. The number of anilines is 1. The molecule has 24 heavy (non-hydrogen) atoms. The van der Waals surface area contributed by atoms with Crippen LogP contribution in [0.5, 0.6) is 11.5 Å². The van der Waals surface area contributed by atoms with Gasteiger partial charge in [-0.2, -0.15) is 5.26 Å². The first kappa shape index (κ1) is 15.8. The first-order valence-electron chi connectivity index (χ1n) is 7.67. The number of halogens is 1. The third kappa shape index (κ3) is 2.99. The predicted molar refractivity (Wildman–Crippen MR) is 91.3 cm³/mol. The number of ether oxygens (including phenoxy) is 1. The van der Waals surface area contributed by atoms with Gasteiger partial charge in [-0.05, 0) is 42.3 Å². The number of fused-ring (bicyclic) bond motifs is 1. The molecular formula is C19H16FN3O. The second-order valence-electron chi connectivity index (χ2n) is 5.48. The van der Waals surface area contributed by atoms with Crippen LogP contribution in [0.4, 0.5) is 10.1 Å². The average molecular weight is 321 g/mol. The van der Waals surface area contributed by atoms with Gasteiger partial charge in [0.2, 0.25) is 0 Å². The van der Waals surface area contributed by atoms with E-state index in [0.717, 1.165) is 23.9 Å². The van der Waals surface area contributed by atoms with Gasteiger partial charge in [-0.25, -0.2) is 4.39 Å². The number of aryl methyl sites for hydroxylation is 1. The maximum Gasteiger partial charge on any atom is 0.149 e. The second kappa shape index (κ2) is 6.55. The molecule has 0 unspecified atom stereocenters. The monoisotopic (exact) mass is 321 g/mol. The Morgan fingerprint density at radius 3 is 2.79 bits per heavy atom. The van der Waals surface area contributed by atoms with Gasteiger partial charge in [0.25, 0.3) is 0 Å². The van der Waals surface area contributed by atoms with Crippen LogP contribution in [0.25, 0.3) is 10.9 Å². The van der Waals surface area contributed by atoms with Gasteiger partial charge in [0.15, 0.2) is 0 Å². The Balaban J connectivity index is 2.08. The lowest BCUT2D eigenvalue weighted by atomic mass is 10.0. The average Bonchev–Trinajstić information content (AvgIpc) is 2.58. The summed E-state index contributed by atoms with van der Waals surface area (Å²) >= 11 is 0. The topological polar surface area (TPSA) is 71.9 Å². The van der Waals surface area contributed by atoms with Gasteiger partial charge in [0.1, 0.15) is 17.3 Å². The number of pyridine rings is 1. The molecule has 120 valence electrons. The molecule has 5 heteroatoms. The van der Waals surface area contributed by atoms with Crippen molar-refractivity contribution in [1.29, 1.82) is 5.26 Å². The third-order valence-electron chi connectivity index (χ3n) is 3.77. The van der Waals surface area contributed by atoms with Crippen molar-refractivity contribution in [3.05, 3.63) is 59.5 Å². The van der Waals surface area contributed by atoms with E-state index in [1.54, 1.807) is 24.4 Å². The zero-order valence-corrected chi connectivity index (χ0v) is 13.2. The molecule has 2 aromatic carbocycles. The Hall–Kier alpha value is -3.13. The number of nitrogen functional groups attached to an aromatic ring is 1. The van der Waals surface area contributed by atoms with Crippen LogP contribution in [0.15, 0.2) is 42.6 Å². The first-order chi connectivity index (χ1) is 11.6. The Morgan fingerprint density at radius 1 is 1.25 bits per heavy atom. The van der Waals surface area contributed by atoms with E-state index in [1.165, 1.54) is 12.1 Å². The lowest BCUT2D eigenvalue weighted by Crippen LogP contribution is -1.95. The molecule has 2 N–H and O–H groups in total. The summed E-state index contributed by atoms with van der Waals surface area (Å²) in [5, 5.41) is 10.1. The maximum absolute atomic E-state index is 13.6. The summed E-state index contributed by atoms with van der Waals surface area (Å²) in [5.74, 6) is 0.322. The van der Waals surface area contributed by atoms with E-state index in [0.29, 0.717) is 22.4 Å². The van der Waals surface area contributed by atoms with Gasteiger partial charge in [-0.1, -0.05) is 13.3 Å². The van der Waals surface area contributed by atoms with Crippen molar-refractivity contribution in [2.45, 2.75) is 19.8 Å². The summed E-state index contributed by atoms with van der Waals surface area (Å²) < 4.78 is 19.4. The predicted octanol–water partition coefficient (Wildman–Crippen LogP) is 4.57. The molecule has 3 rings (SSSR count). The van der Waals surface area contributed by atoms with Gasteiger partial charge in [0.05, 0.1) is 22.8 Å². The van der Waals surface area contributed by atoms with Crippen LogP contribution in [-0.4, -0.2) is 4.98 Å². The standard InChI is InChI=1S/C19H16FN3O/c1-2-3-12-9-18-15(8-13(12)11-21)19(6-7-23-18)24-14-4-5-17(22)16(20)10-14/h4-10H,2-3,22H2,1H3. The molecule has 0 atom stereocenters. The van der Waals surface area contributed by atoms with Gasteiger partial charge < -0.3 is 10.5 Å². The summed E-state index contributed by atoms with van der Waals surface area (Å²) in [6.45, 7) is 2.06. The van der Waals surface area contributed by atoms with E-state index in [1.807, 2.05) is 6.07 Å². The number of nitrogens with two attached hydrogens (primary N) is 1. The van der Waals surface area contributed by atoms with Gasteiger partial charge in [0, 0.05) is 17.6 Å². The molecule has 0 saturated carbocycles. The zero-order chi connectivity index (χ0) is 17.1. The lowest BCUT2D eigenvalue weighted by molar-refractivity contribution is 0.482. The molecule has 0 spiro atoms. The Morgan fingerprint density at radius 2 is 2.08 bits per heavy atom. The molecule has 0 aliphatic heterocycles. The van der Waals surface area contributed by atoms with Crippen molar-refractivity contribution in [1.82, 2.24) is 4.98 Å². The Kier molecular flexibility index (Phi) is 4.30. The molecule has 0 fully saturated rings. The summed E-state index contributed by atoms with van der Waals surface area (Å²) in [6.07, 6.45) is 3.39. The highest BCUT2D eigenvalue weighted by molar-refractivity contribution is 5.87. The number of aromatic nitrogens is 1. The van der Waals surface area contributed by atoms with Crippen molar-refractivity contribution < 1.29 is 9.13 Å². The van der Waals surface area contributed by atoms with E-state index in [2.05, 4.69) is 18.0 Å².